The second-order valence-electron chi connectivity index (χ2n) is 5.29. The number of nitrogens with one attached hydrogen (secondary N) is 1. The van der Waals surface area contributed by atoms with Gasteiger partial charge in [0.15, 0.2) is 5.76 Å². The van der Waals surface area contributed by atoms with Gasteiger partial charge >= 0.3 is 0 Å². The van der Waals surface area contributed by atoms with Crippen LogP contribution in [-0.2, 0) is 6.54 Å². The molecule has 0 spiro atoms. The Balaban J connectivity index is 1.75. The van der Waals surface area contributed by atoms with E-state index in [-0.39, 0.29) is 0 Å². The van der Waals surface area contributed by atoms with Crippen molar-refractivity contribution in [2.24, 2.45) is 5.92 Å². The van der Waals surface area contributed by atoms with Crippen LogP contribution in [0.3, 0.4) is 0 Å². The van der Waals surface area contributed by atoms with Gasteiger partial charge in [-0.15, -0.1) is 0 Å². The van der Waals surface area contributed by atoms with Gasteiger partial charge in [-0.3, -0.25) is 0 Å². The molecule has 1 aliphatic carbocycles. The fourth-order valence-corrected chi connectivity index (χ4v) is 2.74. The van der Waals surface area contributed by atoms with E-state index in [0.717, 1.165) is 23.9 Å². The fraction of sp³-hybridized carbons (Fsp3) is 0.786. The van der Waals surface area contributed by atoms with Crippen LogP contribution in [-0.4, -0.2) is 11.2 Å². The lowest BCUT2D eigenvalue weighted by molar-refractivity contribution is 0.351. The molecule has 1 saturated carbocycles. The summed E-state index contributed by atoms with van der Waals surface area (Å²) in [6.45, 7) is 5.10. The second kappa shape index (κ2) is 6.20. The van der Waals surface area contributed by atoms with E-state index in [0.29, 0.717) is 6.04 Å². The zero-order valence-electron chi connectivity index (χ0n) is 11.0. The molecule has 3 nitrogen and oxygen atoms in total. The van der Waals surface area contributed by atoms with Gasteiger partial charge in [-0.25, -0.2) is 0 Å². The Morgan fingerprint density at radius 2 is 2.24 bits per heavy atom. The molecule has 1 aliphatic rings. The maximum atomic E-state index is 5.22. The molecule has 0 aliphatic heterocycles. The van der Waals surface area contributed by atoms with Gasteiger partial charge in [-0.05, 0) is 32.1 Å². The zero-order valence-corrected chi connectivity index (χ0v) is 11.0. The van der Waals surface area contributed by atoms with Gasteiger partial charge in [0.1, 0.15) is 0 Å². The average Bonchev–Trinajstić information content (AvgIpc) is 2.63. The summed E-state index contributed by atoms with van der Waals surface area (Å²) >= 11 is 0. The van der Waals surface area contributed by atoms with Gasteiger partial charge in [-0.1, -0.05) is 31.3 Å². The van der Waals surface area contributed by atoms with Crippen LogP contribution in [0.1, 0.15) is 56.9 Å². The Kier molecular flexibility index (Phi) is 4.60. The SMILES string of the molecule is CCC1CCCC(NCc2cc(C)no2)CC1. The summed E-state index contributed by atoms with van der Waals surface area (Å²) in [5.74, 6) is 1.91. The van der Waals surface area contributed by atoms with Crippen LogP contribution in [0.4, 0.5) is 0 Å². The van der Waals surface area contributed by atoms with E-state index < -0.39 is 0 Å². The first-order valence-corrected chi connectivity index (χ1v) is 6.93. The molecule has 0 saturated heterocycles. The number of rotatable bonds is 4. The average molecular weight is 236 g/mol. The monoisotopic (exact) mass is 236 g/mol. The first-order valence-electron chi connectivity index (χ1n) is 6.93. The lowest BCUT2D eigenvalue weighted by Gasteiger charge is -2.15. The summed E-state index contributed by atoms with van der Waals surface area (Å²) in [5, 5.41) is 7.51. The van der Waals surface area contributed by atoms with Gasteiger partial charge in [0.2, 0.25) is 0 Å². The minimum absolute atomic E-state index is 0.664. The van der Waals surface area contributed by atoms with Crippen molar-refractivity contribution in [3.05, 3.63) is 17.5 Å². The van der Waals surface area contributed by atoms with Crippen LogP contribution < -0.4 is 5.32 Å². The molecule has 2 rings (SSSR count). The first-order chi connectivity index (χ1) is 8.28. The maximum Gasteiger partial charge on any atom is 0.150 e. The summed E-state index contributed by atoms with van der Waals surface area (Å²) in [6, 6.07) is 2.68. The van der Waals surface area contributed by atoms with Crippen LogP contribution in [0.25, 0.3) is 0 Å². The Morgan fingerprint density at radius 1 is 1.35 bits per heavy atom. The summed E-state index contributed by atoms with van der Waals surface area (Å²) in [5.41, 5.74) is 0.966. The molecule has 3 heteroatoms. The van der Waals surface area contributed by atoms with Crippen molar-refractivity contribution >= 4 is 0 Å². The summed E-state index contributed by atoms with van der Waals surface area (Å²) in [7, 11) is 0. The standard InChI is InChI=1S/C14H24N2O/c1-3-12-5-4-6-13(8-7-12)15-10-14-9-11(2)16-17-14/h9,12-13,15H,3-8,10H2,1-2H3. The Bertz CT molecular complexity index is 335. The van der Waals surface area contributed by atoms with Gasteiger partial charge in [0.25, 0.3) is 0 Å². The minimum atomic E-state index is 0.664. The predicted molar refractivity (Wildman–Crippen MR) is 68.7 cm³/mol. The number of aromatic nitrogens is 1. The Labute approximate surface area is 104 Å². The highest BCUT2D eigenvalue weighted by Crippen LogP contribution is 2.25. The van der Waals surface area contributed by atoms with Gasteiger partial charge in [-0.2, -0.15) is 0 Å². The third-order valence-corrected chi connectivity index (χ3v) is 3.91. The smallest absolute Gasteiger partial charge is 0.150 e. The van der Waals surface area contributed by atoms with E-state index in [9.17, 15) is 0 Å². The quantitative estimate of drug-likeness (QED) is 0.814. The lowest BCUT2D eigenvalue weighted by Crippen LogP contribution is -2.27. The highest BCUT2D eigenvalue weighted by molar-refractivity contribution is 5.02. The summed E-state index contributed by atoms with van der Waals surface area (Å²) < 4.78 is 5.22. The number of hydrogen-bond donors (Lipinski definition) is 1. The second-order valence-corrected chi connectivity index (χ2v) is 5.29. The summed E-state index contributed by atoms with van der Waals surface area (Å²) in [6.07, 6.45) is 8.12. The molecule has 0 bridgehead atoms. The molecular weight excluding hydrogens is 212 g/mol. The van der Waals surface area contributed by atoms with E-state index in [1.165, 1.54) is 38.5 Å². The molecule has 1 aromatic heterocycles. The molecule has 0 amide bonds. The van der Waals surface area contributed by atoms with Crippen molar-refractivity contribution in [2.45, 2.75) is 65.0 Å². The van der Waals surface area contributed by atoms with Crippen LogP contribution in [0.5, 0.6) is 0 Å². The molecule has 1 heterocycles. The van der Waals surface area contributed by atoms with Crippen molar-refractivity contribution in [1.82, 2.24) is 10.5 Å². The molecule has 2 atom stereocenters. The fourth-order valence-electron chi connectivity index (χ4n) is 2.74. The van der Waals surface area contributed by atoms with Crippen LogP contribution >= 0.6 is 0 Å². The topological polar surface area (TPSA) is 38.1 Å². The Hall–Kier alpha value is -0.830. The third-order valence-electron chi connectivity index (χ3n) is 3.91. The summed E-state index contributed by atoms with van der Waals surface area (Å²) in [4.78, 5) is 0. The molecular formula is C14H24N2O. The van der Waals surface area contributed by atoms with Crippen molar-refractivity contribution in [1.29, 1.82) is 0 Å². The van der Waals surface area contributed by atoms with E-state index in [1.54, 1.807) is 0 Å². The van der Waals surface area contributed by atoms with Crippen molar-refractivity contribution < 1.29 is 4.52 Å². The van der Waals surface area contributed by atoms with E-state index in [2.05, 4.69) is 17.4 Å². The normalized spacial score (nSPS) is 25.8. The zero-order chi connectivity index (χ0) is 12.1. The van der Waals surface area contributed by atoms with Crippen LogP contribution in [0, 0.1) is 12.8 Å². The largest absolute Gasteiger partial charge is 0.360 e. The Morgan fingerprint density at radius 3 is 2.94 bits per heavy atom. The van der Waals surface area contributed by atoms with Gasteiger partial charge < -0.3 is 9.84 Å². The molecule has 1 fully saturated rings. The van der Waals surface area contributed by atoms with E-state index in [4.69, 9.17) is 4.52 Å². The molecule has 1 aromatic rings. The van der Waals surface area contributed by atoms with E-state index in [1.807, 2.05) is 13.0 Å². The minimum Gasteiger partial charge on any atom is -0.360 e. The first kappa shape index (κ1) is 12.6. The molecule has 0 radical (unpaired) electrons. The predicted octanol–water partition coefficient (Wildman–Crippen LogP) is 3.43. The molecule has 17 heavy (non-hydrogen) atoms. The number of aryl methyl sites for hydroxylation is 1. The van der Waals surface area contributed by atoms with E-state index >= 15 is 0 Å². The van der Waals surface area contributed by atoms with Crippen molar-refractivity contribution in [2.75, 3.05) is 0 Å². The molecule has 96 valence electrons. The number of hydrogen-bond acceptors (Lipinski definition) is 3. The number of nitrogens with zero attached hydrogens (tertiary/aromatic N) is 1. The lowest BCUT2D eigenvalue weighted by atomic mass is 9.98. The van der Waals surface area contributed by atoms with Crippen molar-refractivity contribution in [3.8, 4) is 0 Å². The van der Waals surface area contributed by atoms with Crippen molar-refractivity contribution in [3.63, 3.8) is 0 Å². The molecule has 2 unspecified atom stereocenters. The van der Waals surface area contributed by atoms with Crippen LogP contribution in [0.2, 0.25) is 0 Å². The van der Waals surface area contributed by atoms with Gasteiger partial charge in [0, 0.05) is 12.1 Å². The third kappa shape index (κ3) is 3.84. The highest BCUT2D eigenvalue weighted by Gasteiger charge is 2.17. The van der Waals surface area contributed by atoms with Gasteiger partial charge in [0.05, 0.1) is 12.2 Å². The molecule has 0 aromatic carbocycles. The highest BCUT2D eigenvalue weighted by atomic mass is 16.5. The molecule has 1 N–H and O–H groups in total. The maximum absolute atomic E-state index is 5.22. The van der Waals surface area contributed by atoms with Crippen LogP contribution in [0.15, 0.2) is 10.6 Å².